The first kappa shape index (κ1) is 16.3. The first-order valence-electron chi connectivity index (χ1n) is 7.09. The van der Waals surface area contributed by atoms with Gasteiger partial charge in [-0.3, -0.25) is 9.59 Å². The maximum Gasteiger partial charge on any atom is 0.272 e. The summed E-state index contributed by atoms with van der Waals surface area (Å²) < 4.78 is 5.20. The van der Waals surface area contributed by atoms with Crippen LogP contribution in [0.25, 0.3) is 6.08 Å². The monoisotopic (exact) mass is 310 g/mol. The summed E-state index contributed by atoms with van der Waals surface area (Å²) in [7, 11) is 1.53. The van der Waals surface area contributed by atoms with Crippen molar-refractivity contribution in [1.29, 1.82) is 0 Å². The molecule has 2 aromatic carbocycles. The van der Waals surface area contributed by atoms with E-state index in [2.05, 4.69) is 10.6 Å². The zero-order valence-corrected chi connectivity index (χ0v) is 13.0. The van der Waals surface area contributed by atoms with Crippen LogP contribution in [0.2, 0.25) is 0 Å². The highest BCUT2D eigenvalue weighted by atomic mass is 16.5. The zero-order chi connectivity index (χ0) is 16.7. The largest absolute Gasteiger partial charge is 0.495 e. The van der Waals surface area contributed by atoms with Crippen LogP contribution in [0, 0.1) is 0 Å². The van der Waals surface area contributed by atoms with E-state index in [1.54, 1.807) is 24.3 Å². The Bertz CT molecular complexity index is 724. The normalized spacial score (nSPS) is 10.8. The highest BCUT2D eigenvalue weighted by Gasteiger charge is 2.13. The van der Waals surface area contributed by atoms with E-state index in [1.165, 1.54) is 14.0 Å². The number of nitrogens with one attached hydrogen (secondary N) is 2. The predicted molar refractivity (Wildman–Crippen MR) is 89.9 cm³/mol. The molecule has 23 heavy (non-hydrogen) atoms. The summed E-state index contributed by atoms with van der Waals surface area (Å²) in [5, 5.41) is 5.30. The lowest BCUT2D eigenvalue weighted by molar-refractivity contribution is -0.120. The molecule has 118 valence electrons. The van der Waals surface area contributed by atoms with Crippen LogP contribution < -0.4 is 15.4 Å². The van der Waals surface area contributed by atoms with Crippen molar-refractivity contribution >= 4 is 23.6 Å². The van der Waals surface area contributed by atoms with Gasteiger partial charge < -0.3 is 15.4 Å². The number of anilines is 1. The standard InChI is InChI=1S/C18H18N2O3/c1-13(21)19-16(12-14-8-4-3-5-9-14)18(22)20-15-10-6-7-11-17(15)23-2/h3-12H,1-2H3,(H,19,21)(H,20,22). The molecule has 5 nitrogen and oxygen atoms in total. The van der Waals surface area contributed by atoms with Gasteiger partial charge in [-0.1, -0.05) is 42.5 Å². The van der Waals surface area contributed by atoms with Crippen molar-refractivity contribution in [2.75, 3.05) is 12.4 Å². The maximum atomic E-state index is 12.5. The second kappa shape index (κ2) is 7.79. The van der Waals surface area contributed by atoms with Gasteiger partial charge in [-0.2, -0.15) is 0 Å². The third kappa shape index (κ3) is 4.71. The molecule has 0 bridgehead atoms. The van der Waals surface area contributed by atoms with Gasteiger partial charge in [0.05, 0.1) is 12.8 Å². The third-order valence-corrected chi connectivity index (χ3v) is 3.02. The van der Waals surface area contributed by atoms with Gasteiger partial charge in [0, 0.05) is 6.92 Å². The van der Waals surface area contributed by atoms with Crippen LogP contribution >= 0.6 is 0 Å². The van der Waals surface area contributed by atoms with E-state index in [9.17, 15) is 9.59 Å². The Morgan fingerprint density at radius 3 is 2.30 bits per heavy atom. The average molecular weight is 310 g/mol. The molecule has 0 saturated carbocycles. The minimum Gasteiger partial charge on any atom is -0.495 e. The van der Waals surface area contributed by atoms with Crippen LogP contribution in [0.1, 0.15) is 12.5 Å². The van der Waals surface area contributed by atoms with E-state index in [0.29, 0.717) is 11.4 Å². The number of para-hydroxylation sites is 2. The van der Waals surface area contributed by atoms with Crippen molar-refractivity contribution in [3.8, 4) is 5.75 Å². The van der Waals surface area contributed by atoms with Gasteiger partial charge in [-0.15, -0.1) is 0 Å². The highest BCUT2D eigenvalue weighted by Crippen LogP contribution is 2.23. The van der Waals surface area contributed by atoms with E-state index >= 15 is 0 Å². The van der Waals surface area contributed by atoms with E-state index in [4.69, 9.17) is 4.74 Å². The average Bonchev–Trinajstić information content (AvgIpc) is 2.55. The Labute approximate surface area is 135 Å². The lowest BCUT2D eigenvalue weighted by Gasteiger charge is -2.12. The molecule has 0 saturated heterocycles. The number of hydrogen-bond donors (Lipinski definition) is 2. The number of ether oxygens (including phenoxy) is 1. The Kier molecular flexibility index (Phi) is 5.52. The number of benzene rings is 2. The van der Waals surface area contributed by atoms with Crippen LogP contribution in [-0.2, 0) is 9.59 Å². The molecule has 2 rings (SSSR count). The summed E-state index contributed by atoms with van der Waals surface area (Å²) in [6, 6.07) is 16.4. The molecule has 0 fully saturated rings. The van der Waals surface area contributed by atoms with Crippen molar-refractivity contribution in [3.05, 3.63) is 65.9 Å². The van der Waals surface area contributed by atoms with Gasteiger partial charge >= 0.3 is 0 Å². The summed E-state index contributed by atoms with van der Waals surface area (Å²) in [5.74, 6) is -0.196. The SMILES string of the molecule is COc1ccccc1NC(=O)C(=Cc1ccccc1)NC(C)=O. The topological polar surface area (TPSA) is 67.4 Å². The number of amides is 2. The minimum absolute atomic E-state index is 0.162. The molecular formula is C18H18N2O3. The quantitative estimate of drug-likeness (QED) is 0.835. The number of methoxy groups -OCH3 is 1. The Morgan fingerprint density at radius 1 is 1.00 bits per heavy atom. The summed E-state index contributed by atoms with van der Waals surface area (Å²) in [4.78, 5) is 23.8. The van der Waals surface area contributed by atoms with E-state index < -0.39 is 5.91 Å². The van der Waals surface area contributed by atoms with Gasteiger partial charge in [0.15, 0.2) is 0 Å². The Balaban J connectivity index is 2.27. The molecule has 0 radical (unpaired) electrons. The van der Waals surface area contributed by atoms with Gasteiger partial charge in [0.1, 0.15) is 11.4 Å². The smallest absolute Gasteiger partial charge is 0.272 e. The molecule has 0 aliphatic rings. The van der Waals surface area contributed by atoms with Gasteiger partial charge in [0.2, 0.25) is 5.91 Å². The van der Waals surface area contributed by atoms with Crippen LogP contribution in [-0.4, -0.2) is 18.9 Å². The van der Waals surface area contributed by atoms with Crippen molar-refractivity contribution in [3.63, 3.8) is 0 Å². The molecule has 0 aromatic heterocycles. The lowest BCUT2D eigenvalue weighted by Crippen LogP contribution is -2.29. The van der Waals surface area contributed by atoms with Crippen LogP contribution in [0.5, 0.6) is 5.75 Å². The molecule has 2 aromatic rings. The first-order chi connectivity index (χ1) is 11.1. The third-order valence-electron chi connectivity index (χ3n) is 3.02. The van der Waals surface area contributed by atoms with Gasteiger partial charge in [-0.05, 0) is 23.8 Å². The van der Waals surface area contributed by atoms with Gasteiger partial charge in [0.25, 0.3) is 5.91 Å². The highest BCUT2D eigenvalue weighted by molar-refractivity contribution is 6.09. The van der Waals surface area contributed by atoms with Crippen LogP contribution in [0.15, 0.2) is 60.3 Å². The second-order valence-electron chi connectivity index (χ2n) is 4.80. The van der Waals surface area contributed by atoms with Crippen molar-refractivity contribution < 1.29 is 14.3 Å². The molecule has 2 N–H and O–H groups in total. The fraction of sp³-hybridized carbons (Fsp3) is 0.111. The predicted octanol–water partition coefficient (Wildman–Crippen LogP) is 2.81. The minimum atomic E-state index is -0.423. The van der Waals surface area contributed by atoms with Crippen LogP contribution in [0.4, 0.5) is 5.69 Å². The first-order valence-corrected chi connectivity index (χ1v) is 7.09. The van der Waals surface area contributed by atoms with Crippen molar-refractivity contribution in [2.45, 2.75) is 6.92 Å². The lowest BCUT2D eigenvalue weighted by atomic mass is 10.2. The van der Waals surface area contributed by atoms with E-state index in [1.807, 2.05) is 36.4 Å². The summed E-state index contributed by atoms with van der Waals surface area (Å²) in [5.41, 5.74) is 1.50. The summed E-state index contributed by atoms with van der Waals surface area (Å²) >= 11 is 0. The van der Waals surface area contributed by atoms with Crippen molar-refractivity contribution in [2.24, 2.45) is 0 Å². The fourth-order valence-electron chi connectivity index (χ4n) is 2.00. The number of hydrogen-bond acceptors (Lipinski definition) is 3. The molecule has 0 spiro atoms. The molecule has 2 amide bonds. The molecule has 0 aliphatic heterocycles. The fourth-order valence-corrected chi connectivity index (χ4v) is 2.00. The molecule has 5 heteroatoms. The second-order valence-corrected chi connectivity index (χ2v) is 4.80. The number of carbonyl (C=O) groups is 2. The van der Waals surface area contributed by atoms with Gasteiger partial charge in [-0.25, -0.2) is 0 Å². The summed E-state index contributed by atoms with van der Waals surface area (Å²) in [6.07, 6.45) is 1.62. The summed E-state index contributed by atoms with van der Waals surface area (Å²) in [6.45, 7) is 1.36. The van der Waals surface area contributed by atoms with Crippen LogP contribution in [0.3, 0.4) is 0 Å². The number of carbonyl (C=O) groups excluding carboxylic acids is 2. The molecular weight excluding hydrogens is 292 g/mol. The molecule has 0 atom stereocenters. The zero-order valence-electron chi connectivity index (χ0n) is 13.0. The number of rotatable bonds is 5. The Morgan fingerprint density at radius 2 is 1.65 bits per heavy atom. The Hall–Kier alpha value is -3.08. The van der Waals surface area contributed by atoms with E-state index in [-0.39, 0.29) is 11.6 Å². The maximum absolute atomic E-state index is 12.5. The van der Waals surface area contributed by atoms with E-state index in [0.717, 1.165) is 5.56 Å². The van der Waals surface area contributed by atoms with Crippen molar-refractivity contribution in [1.82, 2.24) is 5.32 Å². The molecule has 0 unspecified atom stereocenters. The molecule has 0 heterocycles. The molecule has 0 aliphatic carbocycles.